The van der Waals surface area contributed by atoms with Gasteiger partial charge in [0, 0.05) is 13.1 Å². The molecular formula is C10H14F3N5O2. The Morgan fingerprint density at radius 2 is 2.25 bits per heavy atom. The molecule has 0 aromatic carbocycles. The van der Waals surface area contributed by atoms with Crippen LogP contribution in [0.4, 0.5) is 19.0 Å². The molecule has 0 aliphatic carbocycles. The second-order valence-corrected chi connectivity index (χ2v) is 4.71. The lowest BCUT2D eigenvalue weighted by Gasteiger charge is -2.17. The first-order chi connectivity index (χ1) is 9.35. The molecular weight excluding hydrogens is 279 g/mol. The van der Waals surface area contributed by atoms with Gasteiger partial charge < -0.3 is 11.1 Å². The Kier molecular flexibility index (Phi) is 4.12. The molecule has 112 valence electrons. The largest absolute Gasteiger partial charge is 0.401 e. The van der Waals surface area contributed by atoms with Crippen molar-refractivity contribution in [2.75, 3.05) is 31.9 Å². The molecule has 1 aliphatic heterocycles. The number of rotatable bonds is 4. The Bertz CT molecular complexity index is 476. The summed E-state index contributed by atoms with van der Waals surface area (Å²) in [6.07, 6.45) is -3.60. The summed E-state index contributed by atoms with van der Waals surface area (Å²) in [5, 5.41) is 9.17. The van der Waals surface area contributed by atoms with Crippen molar-refractivity contribution < 1.29 is 22.6 Å². The Morgan fingerprint density at radius 3 is 2.85 bits per heavy atom. The minimum Gasteiger partial charge on any atom is -0.379 e. The fraction of sp³-hybridized carbons (Fsp3) is 0.700. The number of nitrogens with zero attached hydrogens (tertiary/aromatic N) is 3. The van der Waals surface area contributed by atoms with Gasteiger partial charge in [-0.05, 0) is 29.2 Å². The third-order valence-corrected chi connectivity index (χ3v) is 3.05. The van der Waals surface area contributed by atoms with Gasteiger partial charge in [0.05, 0.1) is 6.54 Å². The molecule has 1 fully saturated rings. The van der Waals surface area contributed by atoms with Gasteiger partial charge >= 0.3 is 6.18 Å². The topological polar surface area (TPSA) is 97.3 Å². The quantitative estimate of drug-likeness (QED) is 0.827. The highest BCUT2D eigenvalue weighted by Crippen LogP contribution is 2.22. The lowest BCUT2D eigenvalue weighted by Crippen LogP contribution is -2.35. The maximum absolute atomic E-state index is 12.2. The molecule has 0 saturated carbocycles. The number of amides is 1. The summed E-state index contributed by atoms with van der Waals surface area (Å²) in [6.45, 7) is 0.0110. The lowest BCUT2D eigenvalue weighted by atomic mass is 10.1. The van der Waals surface area contributed by atoms with E-state index >= 15 is 0 Å². The molecule has 20 heavy (non-hydrogen) atoms. The molecule has 1 aliphatic rings. The Hall–Kier alpha value is -1.84. The van der Waals surface area contributed by atoms with Crippen molar-refractivity contribution in [3.05, 3.63) is 5.69 Å². The highest BCUT2D eigenvalue weighted by atomic mass is 19.4. The number of nitrogens with two attached hydrogens (primary N) is 1. The van der Waals surface area contributed by atoms with Crippen LogP contribution in [0.1, 0.15) is 16.9 Å². The van der Waals surface area contributed by atoms with Gasteiger partial charge in [-0.2, -0.15) is 13.2 Å². The highest BCUT2D eigenvalue weighted by molar-refractivity contribution is 5.95. The highest BCUT2D eigenvalue weighted by Gasteiger charge is 2.34. The molecule has 1 aromatic heterocycles. The zero-order valence-corrected chi connectivity index (χ0v) is 10.5. The predicted octanol–water partition coefficient (Wildman–Crippen LogP) is 0.266. The van der Waals surface area contributed by atoms with Crippen molar-refractivity contribution in [3.63, 3.8) is 0 Å². The molecule has 2 rings (SSSR count). The number of carbonyl (C=O) groups excluding carboxylic acids is 1. The van der Waals surface area contributed by atoms with Crippen LogP contribution in [-0.4, -0.2) is 53.5 Å². The van der Waals surface area contributed by atoms with Crippen LogP contribution in [0.25, 0.3) is 0 Å². The summed E-state index contributed by atoms with van der Waals surface area (Å²) in [4.78, 5) is 13.0. The molecule has 7 nitrogen and oxygen atoms in total. The molecule has 0 spiro atoms. The fourth-order valence-corrected chi connectivity index (χ4v) is 2.15. The Balaban J connectivity index is 1.76. The van der Waals surface area contributed by atoms with E-state index in [2.05, 4.69) is 20.3 Å². The van der Waals surface area contributed by atoms with Gasteiger partial charge in [0.25, 0.3) is 5.91 Å². The maximum atomic E-state index is 12.2. The van der Waals surface area contributed by atoms with Crippen LogP contribution in [-0.2, 0) is 0 Å². The van der Waals surface area contributed by atoms with E-state index in [0.717, 1.165) is 0 Å². The first-order valence-corrected chi connectivity index (χ1v) is 6.00. The van der Waals surface area contributed by atoms with Gasteiger partial charge in [-0.3, -0.25) is 9.69 Å². The molecule has 1 atom stereocenters. The zero-order valence-electron chi connectivity index (χ0n) is 10.5. The van der Waals surface area contributed by atoms with Gasteiger partial charge in [0.15, 0.2) is 0 Å². The average Bonchev–Trinajstić information content (AvgIpc) is 2.93. The normalized spacial score (nSPS) is 20.2. The first kappa shape index (κ1) is 14.6. The van der Waals surface area contributed by atoms with Gasteiger partial charge in [-0.1, -0.05) is 0 Å². The van der Waals surface area contributed by atoms with Crippen molar-refractivity contribution in [2.24, 2.45) is 5.92 Å². The summed E-state index contributed by atoms with van der Waals surface area (Å²) in [6, 6.07) is 0. The number of halogens is 3. The van der Waals surface area contributed by atoms with Crippen molar-refractivity contribution in [2.45, 2.75) is 12.6 Å². The SMILES string of the molecule is Nc1nonc1C(=O)NCC1CCN(CC(F)(F)F)C1. The van der Waals surface area contributed by atoms with E-state index in [1.54, 1.807) is 0 Å². The number of alkyl halides is 3. The monoisotopic (exact) mass is 293 g/mol. The van der Waals surface area contributed by atoms with Crippen LogP contribution in [0.2, 0.25) is 0 Å². The standard InChI is InChI=1S/C10H14F3N5O2/c11-10(12,13)5-18-2-1-6(4-18)3-15-9(19)7-8(14)17-20-16-7/h6H,1-5H2,(H2,14,17)(H,15,19). The number of hydrogen-bond donors (Lipinski definition) is 2. The average molecular weight is 293 g/mol. The molecule has 1 aromatic rings. The van der Waals surface area contributed by atoms with E-state index < -0.39 is 18.6 Å². The van der Waals surface area contributed by atoms with Crippen molar-refractivity contribution in [1.82, 2.24) is 20.5 Å². The zero-order chi connectivity index (χ0) is 14.8. The van der Waals surface area contributed by atoms with Crippen LogP contribution in [0.5, 0.6) is 0 Å². The molecule has 2 heterocycles. The van der Waals surface area contributed by atoms with Gasteiger partial charge in [-0.25, -0.2) is 4.63 Å². The predicted molar refractivity (Wildman–Crippen MR) is 61.6 cm³/mol. The summed E-state index contributed by atoms with van der Waals surface area (Å²) < 4.78 is 41.0. The second-order valence-electron chi connectivity index (χ2n) is 4.71. The van der Waals surface area contributed by atoms with Crippen LogP contribution in [0.3, 0.4) is 0 Å². The molecule has 10 heteroatoms. The third kappa shape index (κ3) is 3.83. The Labute approximate surface area is 112 Å². The second kappa shape index (κ2) is 5.65. The minimum absolute atomic E-state index is 0.0256. The first-order valence-electron chi connectivity index (χ1n) is 6.00. The van der Waals surface area contributed by atoms with Crippen LogP contribution < -0.4 is 11.1 Å². The van der Waals surface area contributed by atoms with E-state index in [1.165, 1.54) is 4.90 Å². The number of aromatic nitrogens is 2. The van der Waals surface area contributed by atoms with Crippen LogP contribution in [0.15, 0.2) is 4.63 Å². The lowest BCUT2D eigenvalue weighted by molar-refractivity contribution is -0.143. The number of hydrogen-bond acceptors (Lipinski definition) is 6. The molecule has 0 bridgehead atoms. The van der Waals surface area contributed by atoms with Crippen molar-refractivity contribution >= 4 is 11.7 Å². The molecule has 0 radical (unpaired) electrons. The van der Waals surface area contributed by atoms with Crippen molar-refractivity contribution in [3.8, 4) is 0 Å². The number of nitrogen functional groups attached to an aromatic ring is 1. The van der Waals surface area contributed by atoms with Crippen LogP contribution >= 0.6 is 0 Å². The number of nitrogens with one attached hydrogen (secondary N) is 1. The summed E-state index contributed by atoms with van der Waals surface area (Å²) >= 11 is 0. The molecule has 1 amide bonds. The fourth-order valence-electron chi connectivity index (χ4n) is 2.15. The van der Waals surface area contributed by atoms with Crippen LogP contribution in [0, 0.1) is 5.92 Å². The van der Waals surface area contributed by atoms with E-state index in [1.807, 2.05) is 0 Å². The van der Waals surface area contributed by atoms with E-state index in [0.29, 0.717) is 19.5 Å². The smallest absolute Gasteiger partial charge is 0.379 e. The third-order valence-electron chi connectivity index (χ3n) is 3.05. The van der Waals surface area contributed by atoms with Crippen molar-refractivity contribution in [1.29, 1.82) is 0 Å². The maximum Gasteiger partial charge on any atom is 0.401 e. The number of anilines is 1. The van der Waals surface area contributed by atoms with E-state index in [-0.39, 0.29) is 24.0 Å². The number of carbonyl (C=O) groups is 1. The number of likely N-dealkylation sites (tertiary alicyclic amines) is 1. The molecule has 1 saturated heterocycles. The van der Waals surface area contributed by atoms with E-state index in [9.17, 15) is 18.0 Å². The van der Waals surface area contributed by atoms with E-state index in [4.69, 9.17) is 5.73 Å². The summed E-state index contributed by atoms with van der Waals surface area (Å²) in [7, 11) is 0. The Morgan fingerprint density at radius 1 is 1.50 bits per heavy atom. The van der Waals surface area contributed by atoms with Gasteiger partial charge in [-0.15, -0.1) is 0 Å². The molecule has 3 N–H and O–H groups in total. The minimum atomic E-state index is -4.20. The summed E-state index contributed by atoms with van der Waals surface area (Å²) in [5.74, 6) is -0.687. The van der Waals surface area contributed by atoms with Gasteiger partial charge in [0.1, 0.15) is 0 Å². The van der Waals surface area contributed by atoms with Gasteiger partial charge in [0.2, 0.25) is 11.5 Å². The summed E-state index contributed by atoms with van der Waals surface area (Å²) in [5.41, 5.74) is 5.24. The molecule has 1 unspecified atom stereocenters.